The molecule has 1 fully saturated rings. The second kappa shape index (κ2) is 5.94. The fourth-order valence-electron chi connectivity index (χ4n) is 2.58. The minimum atomic E-state index is 0.278. The van der Waals surface area contributed by atoms with Gasteiger partial charge in [0, 0.05) is 17.5 Å². The number of halogens is 1. The van der Waals surface area contributed by atoms with Crippen LogP contribution in [0, 0.1) is 18.8 Å². The van der Waals surface area contributed by atoms with Crippen molar-refractivity contribution in [2.45, 2.75) is 33.3 Å². The molecule has 0 bridgehead atoms. The van der Waals surface area contributed by atoms with Gasteiger partial charge in [-0.3, -0.25) is 0 Å². The third kappa shape index (κ3) is 3.18. The summed E-state index contributed by atoms with van der Waals surface area (Å²) >= 11 is 6.04. The zero-order chi connectivity index (χ0) is 13.1. The number of ether oxygens (including phenoxy) is 1. The Bertz CT molecular complexity index is 399. The number of aryl methyl sites for hydroxylation is 1. The van der Waals surface area contributed by atoms with Gasteiger partial charge < -0.3 is 10.1 Å². The molecule has 0 aromatic heterocycles. The van der Waals surface area contributed by atoms with Crippen molar-refractivity contribution < 1.29 is 4.74 Å². The highest BCUT2D eigenvalue weighted by molar-refractivity contribution is 6.31. The molecule has 0 spiro atoms. The van der Waals surface area contributed by atoms with Crippen LogP contribution in [0.1, 0.15) is 25.8 Å². The summed E-state index contributed by atoms with van der Waals surface area (Å²) in [5, 5.41) is 4.21. The van der Waals surface area contributed by atoms with E-state index in [0.717, 1.165) is 29.4 Å². The second-order valence-electron chi connectivity index (χ2n) is 5.49. The van der Waals surface area contributed by atoms with Gasteiger partial charge in [-0.25, -0.2) is 0 Å². The van der Waals surface area contributed by atoms with Crippen LogP contribution in [0.5, 0.6) is 5.75 Å². The molecule has 1 aromatic rings. The lowest BCUT2D eigenvalue weighted by Crippen LogP contribution is -2.33. The van der Waals surface area contributed by atoms with E-state index in [1.165, 1.54) is 6.42 Å². The van der Waals surface area contributed by atoms with Crippen LogP contribution in [-0.2, 0) is 0 Å². The van der Waals surface area contributed by atoms with Gasteiger partial charge in [-0.2, -0.15) is 0 Å². The highest BCUT2D eigenvalue weighted by atomic mass is 35.5. The van der Waals surface area contributed by atoms with Crippen LogP contribution in [0.25, 0.3) is 0 Å². The highest BCUT2D eigenvalue weighted by Crippen LogP contribution is 2.27. The summed E-state index contributed by atoms with van der Waals surface area (Å²) in [6.45, 7) is 8.64. The molecule has 1 aliphatic rings. The van der Waals surface area contributed by atoms with E-state index in [1.54, 1.807) is 0 Å². The first-order chi connectivity index (χ1) is 8.58. The number of benzene rings is 1. The summed E-state index contributed by atoms with van der Waals surface area (Å²) in [4.78, 5) is 0. The Morgan fingerprint density at radius 3 is 2.72 bits per heavy atom. The standard InChI is InChI=1S/C15H22ClNO/c1-10(2)15(12-6-7-17-9-12)18-13-4-5-14(16)11(3)8-13/h4-5,8,10,12,15,17H,6-7,9H2,1-3H3/t12?,15-/m1/s1. The Hall–Kier alpha value is -0.730. The van der Waals surface area contributed by atoms with Crippen LogP contribution in [-0.4, -0.2) is 19.2 Å². The van der Waals surface area contributed by atoms with E-state index in [0.29, 0.717) is 11.8 Å². The molecule has 1 saturated heterocycles. The van der Waals surface area contributed by atoms with E-state index < -0.39 is 0 Å². The summed E-state index contributed by atoms with van der Waals surface area (Å²) in [5.74, 6) is 2.06. The lowest BCUT2D eigenvalue weighted by atomic mass is 9.92. The van der Waals surface area contributed by atoms with Crippen molar-refractivity contribution in [2.24, 2.45) is 11.8 Å². The Labute approximate surface area is 115 Å². The molecule has 1 aliphatic heterocycles. The van der Waals surface area contributed by atoms with Crippen LogP contribution in [0.3, 0.4) is 0 Å². The average Bonchev–Trinajstić information content (AvgIpc) is 2.83. The lowest BCUT2D eigenvalue weighted by molar-refractivity contribution is 0.0973. The normalized spacial score (nSPS) is 21.3. The Kier molecular flexibility index (Phi) is 4.52. The lowest BCUT2D eigenvalue weighted by Gasteiger charge is -2.28. The zero-order valence-corrected chi connectivity index (χ0v) is 12.1. The maximum Gasteiger partial charge on any atom is 0.120 e. The molecular formula is C15H22ClNO. The zero-order valence-electron chi connectivity index (χ0n) is 11.4. The Morgan fingerprint density at radius 2 is 2.17 bits per heavy atom. The summed E-state index contributed by atoms with van der Waals surface area (Å²) in [6, 6.07) is 5.91. The smallest absolute Gasteiger partial charge is 0.120 e. The van der Waals surface area contributed by atoms with E-state index in [4.69, 9.17) is 16.3 Å². The minimum Gasteiger partial charge on any atom is -0.490 e. The summed E-state index contributed by atoms with van der Waals surface area (Å²) in [5.41, 5.74) is 1.07. The van der Waals surface area contributed by atoms with Crippen molar-refractivity contribution in [2.75, 3.05) is 13.1 Å². The Morgan fingerprint density at radius 1 is 1.39 bits per heavy atom. The number of nitrogens with one attached hydrogen (secondary N) is 1. The maximum atomic E-state index is 6.20. The molecule has 1 N–H and O–H groups in total. The number of hydrogen-bond donors (Lipinski definition) is 1. The number of rotatable bonds is 4. The van der Waals surface area contributed by atoms with Crippen molar-refractivity contribution in [3.63, 3.8) is 0 Å². The summed E-state index contributed by atoms with van der Waals surface area (Å²) in [6.07, 6.45) is 1.48. The molecule has 1 heterocycles. The first kappa shape index (κ1) is 13.7. The first-order valence-electron chi connectivity index (χ1n) is 6.71. The Balaban J connectivity index is 2.10. The van der Waals surface area contributed by atoms with Gasteiger partial charge in [-0.1, -0.05) is 25.4 Å². The summed E-state index contributed by atoms with van der Waals surface area (Å²) < 4.78 is 6.20. The van der Waals surface area contributed by atoms with Gasteiger partial charge in [0.05, 0.1) is 0 Å². The quantitative estimate of drug-likeness (QED) is 0.899. The van der Waals surface area contributed by atoms with Gasteiger partial charge in [0.2, 0.25) is 0 Å². The van der Waals surface area contributed by atoms with Crippen molar-refractivity contribution in [1.82, 2.24) is 5.32 Å². The van der Waals surface area contributed by atoms with Crippen molar-refractivity contribution in [1.29, 1.82) is 0 Å². The fraction of sp³-hybridized carbons (Fsp3) is 0.600. The molecule has 100 valence electrons. The van der Waals surface area contributed by atoms with Gasteiger partial charge in [-0.05, 0) is 49.6 Å². The van der Waals surface area contributed by atoms with Crippen molar-refractivity contribution in [3.05, 3.63) is 28.8 Å². The van der Waals surface area contributed by atoms with E-state index >= 15 is 0 Å². The molecule has 2 nitrogen and oxygen atoms in total. The monoisotopic (exact) mass is 267 g/mol. The van der Waals surface area contributed by atoms with Gasteiger partial charge in [0.15, 0.2) is 0 Å². The summed E-state index contributed by atoms with van der Waals surface area (Å²) in [7, 11) is 0. The molecule has 18 heavy (non-hydrogen) atoms. The van der Waals surface area contributed by atoms with Crippen molar-refractivity contribution in [3.8, 4) is 5.75 Å². The average molecular weight is 268 g/mol. The molecule has 1 aromatic carbocycles. The molecule has 2 rings (SSSR count). The fourth-order valence-corrected chi connectivity index (χ4v) is 2.70. The molecule has 1 unspecified atom stereocenters. The molecule has 2 atom stereocenters. The molecule has 0 amide bonds. The third-order valence-electron chi connectivity index (χ3n) is 3.62. The van der Waals surface area contributed by atoms with Crippen LogP contribution < -0.4 is 10.1 Å². The van der Waals surface area contributed by atoms with E-state index in [2.05, 4.69) is 19.2 Å². The van der Waals surface area contributed by atoms with Crippen LogP contribution in [0.2, 0.25) is 5.02 Å². The predicted molar refractivity (Wildman–Crippen MR) is 76.4 cm³/mol. The van der Waals surface area contributed by atoms with Crippen molar-refractivity contribution >= 4 is 11.6 Å². The third-order valence-corrected chi connectivity index (χ3v) is 4.05. The van der Waals surface area contributed by atoms with Gasteiger partial charge in [0.25, 0.3) is 0 Å². The molecule has 0 aliphatic carbocycles. The highest BCUT2D eigenvalue weighted by Gasteiger charge is 2.29. The topological polar surface area (TPSA) is 21.3 Å². The van der Waals surface area contributed by atoms with E-state index in [1.807, 2.05) is 25.1 Å². The number of hydrogen-bond acceptors (Lipinski definition) is 2. The molecular weight excluding hydrogens is 246 g/mol. The minimum absolute atomic E-state index is 0.278. The van der Waals surface area contributed by atoms with E-state index in [9.17, 15) is 0 Å². The van der Waals surface area contributed by atoms with Crippen LogP contribution in [0.4, 0.5) is 0 Å². The predicted octanol–water partition coefficient (Wildman–Crippen LogP) is 3.66. The maximum absolute atomic E-state index is 6.20. The van der Waals surface area contributed by atoms with Crippen LogP contribution >= 0.6 is 11.6 Å². The van der Waals surface area contributed by atoms with Crippen LogP contribution in [0.15, 0.2) is 18.2 Å². The molecule has 0 saturated carbocycles. The second-order valence-corrected chi connectivity index (χ2v) is 5.90. The first-order valence-corrected chi connectivity index (χ1v) is 7.09. The largest absolute Gasteiger partial charge is 0.490 e. The van der Waals surface area contributed by atoms with Gasteiger partial charge in [-0.15, -0.1) is 0 Å². The van der Waals surface area contributed by atoms with Gasteiger partial charge in [0.1, 0.15) is 11.9 Å². The van der Waals surface area contributed by atoms with E-state index in [-0.39, 0.29) is 6.10 Å². The van der Waals surface area contributed by atoms with Gasteiger partial charge >= 0.3 is 0 Å². The molecule has 3 heteroatoms. The molecule has 0 radical (unpaired) electrons. The SMILES string of the molecule is Cc1cc(O[C@H](C(C)C)C2CCNC2)ccc1Cl.